The minimum absolute atomic E-state index is 0.145. The van der Waals surface area contributed by atoms with E-state index in [9.17, 15) is 4.39 Å². The molecule has 0 aliphatic heterocycles. The van der Waals surface area contributed by atoms with Crippen LogP contribution in [0.4, 0.5) is 4.39 Å². The molecular formula is C16H25FIN. The molecule has 1 nitrogen and oxygen atoms in total. The highest BCUT2D eigenvalue weighted by Crippen LogP contribution is 2.25. The molecule has 0 aromatic heterocycles. The first-order valence-electron chi connectivity index (χ1n) is 7.37. The normalized spacial score (nSPS) is 12.6. The number of unbranched alkanes of at least 4 members (excludes halogenated alkanes) is 3. The van der Waals surface area contributed by atoms with Gasteiger partial charge in [-0.3, -0.25) is 0 Å². The van der Waals surface area contributed by atoms with Crippen molar-refractivity contribution in [2.45, 2.75) is 58.4 Å². The maximum Gasteiger partial charge on any atom is 0.124 e. The third-order valence-corrected chi connectivity index (χ3v) is 4.26. The molecule has 0 saturated carbocycles. The molecule has 0 spiro atoms. The second kappa shape index (κ2) is 9.70. The van der Waals surface area contributed by atoms with Crippen molar-refractivity contribution < 1.29 is 4.39 Å². The predicted molar refractivity (Wildman–Crippen MR) is 88.9 cm³/mol. The fourth-order valence-electron chi connectivity index (χ4n) is 2.25. The molecular weight excluding hydrogens is 352 g/mol. The lowest BCUT2D eigenvalue weighted by molar-refractivity contribution is 0.468. The lowest BCUT2D eigenvalue weighted by Gasteiger charge is -2.20. The Morgan fingerprint density at radius 2 is 1.95 bits per heavy atom. The van der Waals surface area contributed by atoms with E-state index in [-0.39, 0.29) is 5.82 Å². The molecule has 0 radical (unpaired) electrons. The van der Waals surface area contributed by atoms with Gasteiger partial charge in [0, 0.05) is 9.61 Å². The SMILES string of the molecule is CCCCCCC(NCCC)c1ccc(F)cc1I. The van der Waals surface area contributed by atoms with Crippen LogP contribution in [0.5, 0.6) is 0 Å². The molecule has 0 amide bonds. The van der Waals surface area contributed by atoms with E-state index in [1.807, 2.05) is 6.07 Å². The van der Waals surface area contributed by atoms with Gasteiger partial charge in [-0.1, -0.05) is 45.6 Å². The van der Waals surface area contributed by atoms with E-state index in [0.717, 1.165) is 23.0 Å². The second-order valence-corrected chi connectivity index (χ2v) is 6.18. The molecule has 1 unspecified atom stereocenters. The molecule has 0 aliphatic rings. The highest BCUT2D eigenvalue weighted by atomic mass is 127. The first kappa shape index (κ1) is 16.9. The Bertz CT molecular complexity index is 368. The van der Waals surface area contributed by atoms with E-state index in [1.54, 1.807) is 12.1 Å². The van der Waals surface area contributed by atoms with E-state index < -0.39 is 0 Å². The first-order valence-corrected chi connectivity index (χ1v) is 8.45. The Morgan fingerprint density at radius 3 is 2.58 bits per heavy atom. The van der Waals surface area contributed by atoms with Crippen LogP contribution in [0.2, 0.25) is 0 Å². The van der Waals surface area contributed by atoms with Gasteiger partial charge < -0.3 is 5.32 Å². The highest BCUT2D eigenvalue weighted by molar-refractivity contribution is 14.1. The number of halogens is 2. The summed E-state index contributed by atoms with van der Waals surface area (Å²) in [6.07, 6.45) is 7.37. The van der Waals surface area contributed by atoms with Gasteiger partial charge in [0.1, 0.15) is 5.82 Å². The van der Waals surface area contributed by atoms with Crippen molar-refractivity contribution in [1.29, 1.82) is 0 Å². The number of benzene rings is 1. The Kier molecular flexibility index (Phi) is 8.62. The van der Waals surface area contributed by atoms with E-state index in [0.29, 0.717) is 6.04 Å². The van der Waals surface area contributed by atoms with Crippen LogP contribution in [0.15, 0.2) is 18.2 Å². The molecule has 0 bridgehead atoms. The van der Waals surface area contributed by atoms with Crippen LogP contribution in [0.25, 0.3) is 0 Å². The van der Waals surface area contributed by atoms with Crippen molar-refractivity contribution in [2.75, 3.05) is 6.54 Å². The van der Waals surface area contributed by atoms with Gasteiger partial charge >= 0.3 is 0 Å². The lowest BCUT2D eigenvalue weighted by atomic mass is 10.00. The summed E-state index contributed by atoms with van der Waals surface area (Å²) >= 11 is 2.24. The van der Waals surface area contributed by atoms with Crippen LogP contribution in [0, 0.1) is 9.39 Å². The monoisotopic (exact) mass is 377 g/mol. The molecule has 0 aliphatic carbocycles. The van der Waals surface area contributed by atoms with Crippen LogP contribution in [0.1, 0.15) is 64.0 Å². The Balaban J connectivity index is 2.66. The summed E-state index contributed by atoms with van der Waals surface area (Å²) in [5.74, 6) is -0.145. The fourth-order valence-corrected chi connectivity index (χ4v) is 3.10. The van der Waals surface area contributed by atoms with Crippen LogP contribution in [-0.2, 0) is 0 Å². The van der Waals surface area contributed by atoms with Crippen molar-refractivity contribution in [3.05, 3.63) is 33.1 Å². The molecule has 0 fully saturated rings. The highest BCUT2D eigenvalue weighted by Gasteiger charge is 2.13. The smallest absolute Gasteiger partial charge is 0.124 e. The average Bonchev–Trinajstić information content (AvgIpc) is 2.39. The van der Waals surface area contributed by atoms with Crippen molar-refractivity contribution in [2.24, 2.45) is 0 Å². The van der Waals surface area contributed by atoms with Gasteiger partial charge in [-0.15, -0.1) is 0 Å². The second-order valence-electron chi connectivity index (χ2n) is 5.02. The minimum Gasteiger partial charge on any atom is -0.310 e. The third kappa shape index (κ3) is 6.21. The van der Waals surface area contributed by atoms with Crippen molar-refractivity contribution in [3.8, 4) is 0 Å². The van der Waals surface area contributed by atoms with Gasteiger partial charge in [0.2, 0.25) is 0 Å². The van der Waals surface area contributed by atoms with E-state index in [4.69, 9.17) is 0 Å². The topological polar surface area (TPSA) is 12.0 Å². The first-order chi connectivity index (χ1) is 9.19. The largest absolute Gasteiger partial charge is 0.310 e. The summed E-state index contributed by atoms with van der Waals surface area (Å²) in [6, 6.07) is 5.50. The molecule has 1 atom stereocenters. The van der Waals surface area contributed by atoms with Gasteiger partial charge in [0.25, 0.3) is 0 Å². The standard InChI is InChI=1S/C16H25FIN/c1-3-5-6-7-8-16(19-11-4-2)14-10-9-13(17)12-15(14)18/h9-10,12,16,19H,3-8,11H2,1-2H3. The molecule has 3 heteroatoms. The zero-order chi connectivity index (χ0) is 14.1. The number of rotatable bonds is 9. The molecule has 0 heterocycles. The lowest BCUT2D eigenvalue weighted by Crippen LogP contribution is -2.23. The molecule has 19 heavy (non-hydrogen) atoms. The Morgan fingerprint density at radius 1 is 1.16 bits per heavy atom. The summed E-state index contributed by atoms with van der Waals surface area (Å²) in [7, 11) is 0. The average molecular weight is 377 g/mol. The fraction of sp³-hybridized carbons (Fsp3) is 0.625. The summed E-state index contributed by atoms with van der Waals surface area (Å²) in [5.41, 5.74) is 1.24. The van der Waals surface area contributed by atoms with Crippen LogP contribution >= 0.6 is 22.6 Å². The van der Waals surface area contributed by atoms with E-state index in [1.165, 1.54) is 31.2 Å². The molecule has 1 aromatic carbocycles. The quantitative estimate of drug-likeness (QED) is 0.446. The Hall–Kier alpha value is -0.160. The molecule has 0 saturated heterocycles. The van der Waals surface area contributed by atoms with Gasteiger partial charge in [0.05, 0.1) is 0 Å². The van der Waals surface area contributed by atoms with Crippen molar-refractivity contribution in [1.82, 2.24) is 5.32 Å². The molecule has 1 N–H and O–H groups in total. The van der Waals surface area contributed by atoms with Crippen molar-refractivity contribution >= 4 is 22.6 Å². The van der Waals surface area contributed by atoms with Gasteiger partial charge in [-0.05, 0) is 59.7 Å². The molecule has 108 valence electrons. The summed E-state index contributed by atoms with van der Waals surface area (Å²) in [6.45, 7) is 5.43. The molecule has 1 aromatic rings. The third-order valence-electron chi connectivity index (χ3n) is 3.33. The van der Waals surface area contributed by atoms with Crippen molar-refractivity contribution in [3.63, 3.8) is 0 Å². The van der Waals surface area contributed by atoms with Gasteiger partial charge in [-0.25, -0.2) is 4.39 Å². The van der Waals surface area contributed by atoms with Crippen LogP contribution < -0.4 is 5.32 Å². The Labute approximate surface area is 130 Å². The van der Waals surface area contributed by atoms with Crippen LogP contribution in [0.3, 0.4) is 0 Å². The maximum absolute atomic E-state index is 13.2. The minimum atomic E-state index is -0.145. The molecule has 1 rings (SSSR count). The number of hydrogen-bond donors (Lipinski definition) is 1. The zero-order valence-corrected chi connectivity index (χ0v) is 14.2. The van der Waals surface area contributed by atoms with E-state index >= 15 is 0 Å². The summed E-state index contributed by atoms with van der Waals surface area (Å²) in [5, 5.41) is 3.60. The summed E-state index contributed by atoms with van der Waals surface area (Å²) in [4.78, 5) is 0. The predicted octanol–water partition coefficient (Wildman–Crippen LogP) is 5.44. The zero-order valence-electron chi connectivity index (χ0n) is 12.0. The van der Waals surface area contributed by atoms with Crippen LogP contribution in [-0.4, -0.2) is 6.54 Å². The van der Waals surface area contributed by atoms with E-state index in [2.05, 4.69) is 41.8 Å². The summed E-state index contributed by atoms with van der Waals surface area (Å²) < 4.78 is 14.2. The van der Waals surface area contributed by atoms with Gasteiger partial charge in [0.15, 0.2) is 0 Å². The number of hydrogen-bond acceptors (Lipinski definition) is 1. The maximum atomic E-state index is 13.2. The van der Waals surface area contributed by atoms with Gasteiger partial charge in [-0.2, -0.15) is 0 Å². The number of nitrogens with one attached hydrogen (secondary N) is 1.